The highest BCUT2D eigenvalue weighted by molar-refractivity contribution is 4.89. The Morgan fingerprint density at radius 3 is 1.92 bits per heavy atom. The molecule has 2 heteroatoms. The van der Waals surface area contributed by atoms with E-state index in [0.717, 1.165) is 25.9 Å². The Balaban J connectivity index is 2.47. The van der Waals surface area contributed by atoms with E-state index in [1.165, 1.54) is 0 Å². The molecule has 0 bridgehead atoms. The second-order valence-electron chi connectivity index (χ2n) is 5.31. The zero-order valence-corrected chi connectivity index (χ0v) is 8.85. The molecule has 0 unspecified atom stereocenters. The molecule has 1 aliphatic heterocycles. The van der Waals surface area contributed by atoms with Crippen LogP contribution < -0.4 is 5.73 Å². The molecule has 0 radical (unpaired) electrons. The predicted octanol–water partition coefficient (Wildman–Crippen LogP) is 1.60. The van der Waals surface area contributed by atoms with Crippen LogP contribution in [0.15, 0.2) is 0 Å². The lowest BCUT2D eigenvalue weighted by Crippen LogP contribution is -2.53. The summed E-state index contributed by atoms with van der Waals surface area (Å²) in [6, 6.07) is 0. The second kappa shape index (κ2) is 3.00. The summed E-state index contributed by atoms with van der Waals surface area (Å²) in [6.07, 6.45) is 2.26. The number of rotatable bonds is 0. The minimum Gasteiger partial charge on any atom is -0.325 e. The molecule has 0 amide bonds. The van der Waals surface area contributed by atoms with Crippen LogP contribution in [0.3, 0.4) is 0 Å². The summed E-state index contributed by atoms with van der Waals surface area (Å²) in [4.78, 5) is 2.52. The van der Waals surface area contributed by atoms with Crippen molar-refractivity contribution in [3.05, 3.63) is 0 Å². The van der Waals surface area contributed by atoms with Crippen molar-refractivity contribution in [2.24, 2.45) is 5.73 Å². The fraction of sp³-hybridized carbons (Fsp3) is 1.00. The molecule has 0 aromatic heterocycles. The number of hydrogen-bond donors (Lipinski definition) is 1. The quantitative estimate of drug-likeness (QED) is 0.598. The van der Waals surface area contributed by atoms with Gasteiger partial charge < -0.3 is 5.73 Å². The van der Waals surface area contributed by atoms with Crippen LogP contribution in [0.5, 0.6) is 0 Å². The first-order chi connectivity index (χ1) is 5.31. The predicted molar refractivity (Wildman–Crippen MR) is 53.2 cm³/mol. The Morgan fingerprint density at radius 1 is 1.17 bits per heavy atom. The molecule has 1 heterocycles. The molecular weight excluding hydrogens is 148 g/mol. The van der Waals surface area contributed by atoms with Crippen LogP contribution >= 0.6 is 0 Å². The first kappa shape index (κ1) is 10.0. The van der Waals surface area contributed by atoms with Crippen LogP contribution in [-0.4, -0.2) is 29.1 Å². The van der Waals surface area contributed by atoms with Gasteiger partial charge in [-0.25, -0.2) is 0 Å². The van der Waals surface area contributed by atoms with Crippen LogP contribution in [0.25, 0.3) is 0 Å². The first-order valence-corrected chi connectivity index (χ1v) is 4.85. The number of nitrogens with two attached hydrogens (primary N) is 1. The smallest absolute Gasteiger partial charge is 0.0150 e. The van der Waals surface area contributed by atoms with Gasteiger partial charge in [0, 0.05) is 24.2 Å². The maximum Gasteiger partial charge on any atom is 0.0150 e. The van der Waals surface area contributed by atoms with Crippen LogP contribution in [-0.2, 0) is 0 Å². The maximum atomic E-state index is 6.06. The molecule has 0 saturated carbocycles. The van der Waals surface area contributed by atoms with Crippen molar-refractivity contribution in [1.82, 2.24) is 4.90 Å². The average Bonchev–Trinajstić information content (AvgIpc) is 1.83. The van der Waals surface area contributed by atoms with E-state index in [9.17, 15) is 0 Å². The Labute approximate surface area is 76.1 Å². The van der Waals surface area contributed by atoms with Crippen LogP contribution in [0.1, 0.15) is 40.5 Å². The van der Waals surface area contributed by atoms with Crippen molar-refractivity contribution < 1.29 is 0 Å². The van der Waals surface area contributed by atoms with Crippen molar-refractivity contribution in [3.8, 4) is 0 Å². The van der Waals surface area contributed by atoms with E-state index in [4.69, 9.17) is 5.73 Å². The number of hydrogen-bond acceptors (Lipinski definition) is 2. The van der Waals surface area contributed by atoms with Crippen molar-refractivity contribution >= 4 is 0 Å². The van der Waals surface area contributed by atoms with Gasteiger partial charge in [-0.3, -0.25) is 4.90 Å². The van der Waals surface area contributed by atoms with E-state index >= 15 is 0 Å². The second-order valence-corrected chi connectivity index (χ2v) is 5.31. The van der Waals surface area contributed by atoms with Crippen LogP contribution in [0.4, 0.5) is 0 Å². The highest BCUT2D eigenvalue weighted by Crippen LogP contribution is 2.24. The average molecular weight is 170 g/mol. The Bertz CT molecular complexity index is 146. The van der Waals surface area contributed by atoms with Gasteiger partial charge in [0.15, 0.2) is 0 Å². The first-order valence-electron chi connectivity index (χ1n) is 4.85. The summed E-state index contributed by atoms with van der Waals surface area (Å²) in [5.74, 6) is 0. The van der Waals surface area contributed by atoms with Gasteiger partial charge in [-0.15, -0.1) is 0 Å². The van der Waals surface area contributed by atoms with Gasteiger partial charge in [0.2, 0.25) is 0 Å². The zero-order valence-electron chi connectivity index (χ0n) is 8.85. The summed E-state index contributed by atoms with van der Waals surface area (Å²) < 4.78 is 0. The van der Waals surface area contributed by atoms with Crippen molar-refractivity contribution in [3.63, 3.8) is 0 Å². The summed E-state index contributed by atoms with van der Waals surface area (Å²) >= 11 is 0. The van der Waals surface area contributed by atoms with E-state index < -0.39 is 0 Å². The van der Waals surface area contributed by atoms with E-state index in [2.05, 4.69) is 32.6 Å². The summed E-state index contributed by atoms with van der Waals surface area (Å²) in [5.41, 5.74) is 6.46. The third-order valence-electron chi connectivity index (χ3n) is 2.85. The lowest BCUT2D eigenvalue weighted by molar-refractivity contribution is 0.0817. The van der Waals surface area contributed by atoms with Crippen molar-refractivity contribution in [2.75, 3.05) is 13.1 Å². The lowest BCUT2D eigenvalue weighted by Gasteiger charge is -2.43. The van der Waals surface area contributed by atoms with Crippen LogP contribution in [0, 0.1) is 0 Å². The van der Waals surface area contributed by atoms with Gasteiger partial charge >= 0.3 is 0 Å². The SMILES string of the molecule is CC1(N)CCN(C(C)(C)C)CC1. The minimum absolute atomic E-state index is 0.0851. The Kier molecular flexibility index (Phi) is 2.50. The molecule has 0 aromatic carbocycles. The summed E-state index contributed by atoms with van der Waals surface area (Å²) in [6.45, 7) is 11.3. The topological polar surface area (TPSA) is 29.3 Å². The van der Waals surface area contributed by atoms with Gasteiger partial charge in [-0.2, -0.15) is 0 Å². The molecule has 72 valence electrons. The molecule has 0 aromatic rings. The molecule has 1 aliphatic rings. The highest BCUT2D eigenvalue weighted by Gasteiger charge is 2.30. The van der Waals surface area contributed by atoms with Crippen molar-refractivity contribution in [2.45, 2.75) is 51.6 Å². The standard InChI is InChI=1S/C10H22N2/c1-9(2,3)12-7-5-10(4,11)6-8-12/h5-8,11H2,1-4H3. The number of nitrogens with zero attached hydrogens (tertiary/aromatic N) is 1. The molecule has 1 fully saturated rings. The monoisotopic (exact) mass is 170 g/mol. The van der Waals surface area contributed by atoms with Gasteiger partial charge in [0.1, 0.15) is 0 Å². The third kappa shape index (κ3) is 2.46. The molecular formula is C10H22N2. The zero-order chi connectivity index (χ0) is 9.41. The molecule has 1 rings (SSSR count). The normalized spacial score (nSPS) is 25.8. The lowest BCUT2D eigenvalue weighted by atomic mass is 9.88. The van der Waals surface area contributed by atoms with E-state index in [1.54, 1.807) is 0 Å². The molecule has 2 N–H and O–H groups in total. The molecule has 1 saturated heterocycles. The Hall–Kier alpha value is -0.0800. The third-order valence-corrected chi connectivity index (χ3v) is 2.85. The van der Waals surface area contributed by atoms with Crippen LogP contribution in [0.2, 0.25) is 0 Å². The maximum absolute atomic E-state index is 6.06. The summed E-state index contributed by atoms with van der Waals surface area (Å²) in [5, 5.41) is 0. The Morgan fingerprint density at radius 2 is 1.58 bits per heavy atom. The fourth-order valence-corrected chi connectivity index (χ4v) is 1.69. The molecule has 2 nitrogen and oxygen atoms in total. The molecule has 0 spiro atoms. The van der Waals surface area contributed by atoms with E-state index in [0.29, 0.717) is 5.54 Å². The van der Waals surface area contributed by atoms with Crippen molar-refractivity contribution in [1.29, 1.82) is 0 Å². The fourth-order valence-electron chi connectivity index (χ4n) is 1.69. The molecule has 0 aliphatic carbocycles. The van der Waals surface area contributed by atoms with Gasteiger partial charge in [-0.05, 0) is 40.5 Å². The molecule has 0 atom stereocenters. The van der Waals surface area contributed by atoms with E-state index in [-0.39, 0.29) is 5.54 Å². The molecule has 12 heavy (non-hydrogen) atoms. The van der Waals surface area contributed by atoms with Gasteiger partial charge in [0.25, 0.3) is 0 Å². The van der Waals surface area contributed by atoms with Gasteiger partial charge in [0.05, 0.1) is 0 Å². The number of piperidine rings is 1. The number of likely N-dealkylation sites (tertiary alicyclic amines) is 1. The minimum atomic E-state index is 0.0851. The van der Waals surface area contributed by atoms with E-state index in [1.807, 2.05) is 0 Å². The van der Waals surface area contributed by atoms with Gasteiger partial charge in [-0.1, -0.05) is 0 Å². The highest BCUT2D eigenvalue weighted by atomic mass is 15.2. The summed E-state index contributed by atoms with van der Waals surface area (Å²) in [7, 11) is 0. The largest absolute Gasteiger partial charge is 0.325 e.